The molecule has 1 amide bonds. The summed E-state index contributed by atoms with van der Waals surface area (Å²) in [5.74, 6) is 2.36. The molecule has 1 atom stereocenters. The number of amides is 1. The summed E-state index contributed by atoms with van der Waals surface area (Å²) in [7, 11) is 4.68. The number of likely N-dealkylation sites (tertiary alicyclic amines) is 1. The fourth-order valence-electron chi connectivity index (χ4n) is 7.43. The smallest absolute Gasteiger partial charge is 0.254 e. The Kier molecular flexibility index (Phi) is 11.2. The van der Waals surface area contributed by atoms with Crippen LogP contribution in [-0.2, 0) is 16.7 Å². The van der Waals surface area contributed by atoms with Crippen molar-refractivity contribution in [2.75, 3.05) is 85.3 Å². The number of ether oxygens (including phenoxy) is 4. The van der Waals surface area contributed by atoms with E-state index in [0.29, 0.717) is 54.1 Å². The molecule has 0 spiro atoms. The van der Waals surface area contributed by atoms with Crippen molar-refractivity contribution in [2.45, 2.75) is 38.1 Å². The van der Waals surface area contributed by atoms with E-state index in [1.807, 2.05) is 30.0 Å². The maximum Gasteiger partial charge on any atom is 0.254 e. The number of hydrogen-bond donors (Lipinski definition) is 0. The quantitative estimate of drug-likeness (QED) is 0.155. The van der Waals surface area contributed by atoms with Gasteiger partial charge in [-0.2, -0.15) is 0 Å². The van der Waals surface area contributed by atoms with Gasteiger partial charge in [-0.3, -0.25) is 4.79 Å². The minimum atomic E-state index is -0.222. The molecule has 49 heavy (non-hydrogen) atoms. The molecular weight excluding hydrogens is 642 g/mol. The summed E-state index contributed by atoms with van der Waals surface area (Å²) in [6, 6.07) is 20.0. The van der Waals surface area contributed by atoms with Gasteiger partial charge in [0.05, 0.1) is 39.0 Å². The van der Waals surface area contributed by atoms with E-state index in [2.05, 4.69) is 44.7 Å². The Balaban J connectivity index is 1.18. The van der Waals surface area contributed by atoms with E-state index in [9.17, 15) is 4.79 Å². The number of fused-ring (bicyclic) bond motifs is 1. The average Bonchev–Trinajstić information content (AvgIpc) is 3.65. The first-order valence-electron chi connectivity index (χ1n) is 17.3. The maximum absolute atomic E-state index is 14.0. The van der Waals surface area contributed by atoms with Gasteiger partial charge in [0.2, 0.25) is 11.7 Å². The number of anilines is 1. The average molecular weight is 690 g/mol. The lowest BCUT2D eigenvalue weighted by Gasteiger charge is -2.33. The van der Waals surface area contributed by atoms with E-state index in [1.165, 1.54) is 5.56 Å². The van der Waals surface area contributed by atoms with E-state index < -0.39 is 0 Å². The predicted octanol–water partition coefficient (Wildman–Crippen LogP) is 6.14. The second kappa shape index (κ2) is 15.7. The molecule has 4 aromatic rings. The maximum atomic E-state index is 14.0. The molecular formula is C38H48ClN5O5. The Bertz CT molecular complexity index is 1720. The zero-order valence-electron chi connectivity index (χ0n) is 29.1. The lowest BCUT2D eigenvalue weighted by Crippen LogP contribution is -2.39. The number of para-hydroxylation sites is 2. The van der Waals surface area contributed by atoms with Gasteiger partial charge in [-0.25, -0.2) is 4.98 Å². The highest BCUT2D eigenvalue weighted by Crippen LogP contribution is 2.42. The Morgan fingerprint density at radius 2 is 1.69 bits per heavy atom. The molecule has 262 valence electrons. The van der Waals surface area contributed by atoms with Gasteiger partial charge in [-0.05, 0) is 81.2 Å². The summed E-state index contributed by atoms with van der Waals surface area (Å²) < 4.78 is 24.6. The summed E-state index contributed by atoms with van der Waals surface area (Å²) in [5, 5.41) is 0.712. The van der Waals surface area contributed by atoms with Crippen LogP contribution < -0.4 is 19.1 Å². The van der Waals surface area contributed by atoms with Crippen molar-refractivity contribution in [3.63, 3.8) is 0 Å². The molecule has 3 heterocycles. The first kappa shape index (κ1) is 34.9. The van der Waals surface area contributed by atoms with E-state index in [4.69, 9.17) is 35.5 Å². The summed E-state index contributed by atoms with van der Waals surface area (Å²) in [5.41, 5.74) is 3.63. The molecule has 1 unspecified atom stereocenters. The number of aromatic nitrogens is 2. The second-order valence-corrected chi connectivity index (χ2v) is 13.3. The van der Waals surface area contributed by atoms with Crippen molar-refractivity contribution < 1.29 is 23.7 Å². The molecule has 0 bridgehead atoms. The Hall–Kier alpha value is -3.99. The van der Waals surface area contributed by atoms with Gasteiger partial charge < -0.3 is 38.2 Å². The van der Waals surface area contributed by atoms with Crippen LogP contribution in [0.1, 0.15) is 42.1 Å². The normalized spacial score (nSPS) is 18.6. The SMILES string of the molecule is CCOCCn1c(N2CCCN(CCC3(c4cccc(Cl)c4)CCN(C(=O)c4cc(OC)c(OC)c(OC)c4)C3)CC2)nc2ccccc21. The highest BCUT2D eigenvalue weighted by Gasteiger charge is 2.42. The van der Waals surface area contributed by atoms with E-state index in [0.717, 1.165) is 75.5 Å². The number of methoxy groups -OCH3 is 3. The van der Waals surface area contributed by atoms with Crippen molar-refractivity contribution in [3.8, 4) is 17.2 Å². The van der Waals surface area contributed by atoms with Gasteiger partial charge in [-0.1, -0.05) is 35.9 Å². The first-order valence-corrected chi connectivity index (χ1v) is 17.6. The van der Waals surface area contributed by atoms with E-state index >= 15 is 0 Å². The van der Waals surface area contributed by atoms with Crippen molar-refractivity contribution in [3.05, 3.63) is 76.8 Å². The minimum absolute atomic E-state index is 0.0548. The van der Waals surface area contributed by atoms with Crippen LogP contribution in [0.25, 0.3) is 11.0 Å². The number of imidazole rings is 1. The van der Waals surface area contributed by atoms with Crippen molar-refractivity contribution >= 4 is 34.5 Å². The lowest BCUT2D eigenvalue weighted by atomic mass is 9.76. The fourth-order valence-corrected chi connectivity index (χ4v) is 7.62. The van der Waals surface area contributed by atoms with Crippen LogP contribution in [-0.4, -0.2) is 106 Å². The van der Waals surface area contributed by atoms with Gasteiger partial charge in [0.25, 0.3) is 5.91 Å². The molecule has 0 radical (unpaired) electrons. The van der Waals surface area contributed by atoms with Crippen LogP contribution in [0.3, 0.4) is 0 Å². The zero-order chi connectivity index (χ0) is 34.4. The first-order chi connectivity index (χ1) is 23.9. The number of halogens is 1. The fraction of sp³-hybridized carbons (Fsp3) is 0.474. The molecule has 0 aliphatic carbocycles. The molecule has 3 aromatic carbocycles. The zero-order valence-corrected chi connectivity index (χ0v) is 29.9. The molecule has 1 aromatic heterocycles. The molecule has 10 nitrogen and oxygen atoms in total. The molecule has 11 heteroatoms. The number of carbonyl (C=O) groups is 1. The van der Waals surface area contributed by atoms with E-state index in [1.54, 1.807) is 33.5 Å². The van der Waals surface area contributed by atoms with Crippen molar-refractivity contribution in [2.24, 2.45) is 0 Å². The third kappa shape index (κ3) is 7.46. The van der Waals surface area contributed by atoms with E-state index in [-0.39, 0.29) is 11.3 Å². The van der Waals surface area contributed by atoms with Crippen molar-refractivity contribution in [1.29, 1.82) is 0 Å². The summed E-state index contributed by atoms with van der Waals surface area (Å²) in [6.07, 6.45) is 2.82. The van der Waals surface area contributed by atoms with Crippen molar-refractivity contribution in [1.82, 2.24) is 19.4 Å². The molecule has 0 N–H and O–H groups in total. The number of hydrogen-bond acceptors (Lipinski definition) is 8. The lowest BCUT2D eigenvalue weighted by molar-refractivity contribution is 0.0780. The van der Waals surface area contributed by atoms with Crippen LogP contribution in [0.4, 0.5) is 5.95 Å². The van der Waals surface area contributed by atoms with Crippen LogP contribution in [0, 0.1) is 0 Å². The molecule has 2 saturated heterocycles. The Morgan fingerprint density at radius 3 is 2.43 bits per heavy atom. The Morgan fingerprint density at radius 1 is 0.898 bits per heavy atom. The standard InChI is InChI=1S/C38H48ClN5O5/c1-5-49-23-22-44-32-13-7-6-12-31(32)40-37(44)42-17-9-16-41(20-21-42)18-14-38(29-10-8-11-30(39)26-29)15-19-43(27-38)36(45)28-24-33(46-2)35(48-4)34(25-28)47-3/h6-8,10-13,24-26H,5,9,14-23,27H2,1-4H3. The van der Waals surface area contributed by atoms with Gasteiger partial charge in [-0.15, -0.1) is 0 Å². The van der Waals surface area contributed by atoms with Crippen LogP contribution in [0.5, 0.6) is 17.2 Å². The Labute approximate surface area is 294 Å². The van der Waals surface area contributed by atoms with Crippen LogP contribution in [0.15, 0.2) is 60.7 Å². The summed E-state index contributed by atoms with van der Waals surface area (Å²) in [4.78, 5) is 26.0. The number of rotatable bonds is 13. The molecule has 2 fully saturated rings. The number of benzene rings is 3. The van der Waals surface area contributed by atoms with Crippen LogP contribution in [0.2, 0.25) is 5.02 Å². The molecule has 2 aliphatic rings. The topological polar surface area (TPSA) is 81.5 Å². The third-order valence-corrected chi connectivity index (χ3v) is 10.3. The monoisotopic (exact) mass is 689 g/mol. The molecule has 6 rings (SSSR count). The summed E-state index contributed by atoms with van der Waals surface area (Å²) >= 11 is 6.55. The second-order valence-electron chi connectivity index (χ2n) is 12.9. The third-order valence-electron chi connectivity index (χ3n) is 10.1. The molecule has 0 saturated carbocycles. The summed E-state index contributed by atoms with van der Waals surface area (Å²) in [6.45, 7) is 10.1. The molecule has 2 aliphatic heterocycles. The van der Waals surface area contributed by atoms with Gasteiger partial charge in [0.15, 0.2) is 11.5 Å². The van der Waals surface area contributed by atoms with Crippen LogP contribution >= 0.6 is 11.6 Å². The largest absolute Gasteiger partial charge is 0.493 e. The predicted molar refractivity (Wildman–Crippen MR) is 194 cm³/mol. The number of nitrogens with zero attached hydrogens (tertiary/aromatic N) is 5. The van der Waals surface area contributed by atoms with Gasteiger partial charge in [0, 0.05) is 61.9 Å². The van der Waals surface area contributed by atoms with Gasteiger partial charge in [0.1, 0.15) is 0 Å². The highest BCUT2D eigenvalue weighted by molar-refractivity contribution is 6.30. The van der Waals surface area contributed by atoms with Gasteiger partial charge >= 0.3 is 0 Å². The minimum Gasteiger partial charge on any atom is -0.493 e. The highest BCUT2D eigenvalue weighted by atomic mass is 35.5. The number of carbonyl (C=O) groups excluding carboxylic acids is 1.